The van der Waals surface area contributed by atoms with Gasteiger partial charge in [0.05, 0.1) is 6.26 Å². The number of aromatic carboxylic acids is 1. The zero-order chi connectivity index (χ0) is 11.4. The van der Waals surface area contributed by atoms with Crippen LogP contribution in [0.3, 0.4) is 0 Å². The first-order valence-corrected chi connectivity index (χ1v) is 6.09. The van der Waals surface area contributed by atoms with Gasteiger partial charge in [0.1, 0.15) is 0 Å². The van der Waals surface area contributed by atoms with Gasteiger partial charge < -0.3 is 9.52 Å². The lowest BCUT2D eigenvalue weighted by Gasteiger charge is -2.18. The minimum atomic E-state index is -0.943. The summed E-state index contributed by atoms with van der Waals surface area (Å²) >= 11 is 0. The van der Waals surface area contributed by atoms with Crippen molar-refractivity contribution in [2.75, 3.05) is 0 Å². The first-order chi connectivity index (χ1) is 7.79. The van der Waals surface area contributed by atoms with Crippen molar-refractivity contribution < 1.29 is 14.3 Å². The Morgan fingerprint density at radius 3 is 2.44 bits per heavy atom. The zero-order valence-electron chi connectivity index (χ0n) is 9.45. The van der Waals surface area contributed by atoms with Crippen molar-refractivity contribution >= 4 is 5.97 Å². The number of rotatable bonds is 2. The van der Waals surface area contributed by atoms with Gasteiger partial charge in [-0.3, -0.25) is 0 Å². The Balaban J connectivity index is 2.14. The highest BCUT2D eigenvalue weighted by Gasteiger charge is 2.22. The van der Waals surface area contributed by atoms with Crippen LogP contribution in [-0.2, 0) is 0 Å². The third kappa shape index (κ3) is 2.46. The Morgan fingerprint density at radius 2 is 1.81 bits per heavy atom. The van der Waals surface area contributed by atoms with Gasteiger partial charge in [0.2, 0.25) is 5.76 Å². The molecule has 0 radical (unpaired) electrons. The molecule has 1 aliphatic rings. The van der Waals surface area contributed by atoms with E-state index in [1.54, 1.807) is 0 Å². The second-order valence-corrected chi connectivity index (χ2v) is 4.55. The van der Waals surface area contributed by atoms with Crippen LogP contribution in [0.2, 0.25) is 0 Å². The fourth-order valence-corrected chi connectivity index (χ4v) is 2.58. The number of carboxylic acid groups (broad SMARTS) is 1. The van der Waals surface area contributed by atoms with Crippen molar-refractivity contribution in [3.63, 3.8) is 0 Å². The molecule has 1 heterocycles. The number of carbonyl (C=O) groups is 1. The molecule has 0 amide bonds. The summed E-state index contributed by atoms with van der Waals surface area (Å²) in [5, 5.41) is 9.02. The molecule has 1 saturated carbocycles. The van der Waals surface area contributed by atoms with Gasteiger partial charge in [-0.05, 0) is 24.8 Å². The fourth-order valence-electron chi connectivity index (χ4n) is 2.58. The van der Waals surface area contributed by atoms with Crippen LogP contribution in [-0.4, -0.2) is 11.1 Å². The molecule has 1 aromatic heterocycles. The van der Waals surface area contributed by atoms with Crippen LogP contribution in [0.4, 0.5) is 0 Å². The van der Waals surface area contributed by atoms with Crippen molar-refractivity contribution in [3.05, 3.63) is 23.7 Å². The van der Waals surface area contributed by atoms with Crippen LogP contribution in [0.25, 0.3) is 0 Å². The SMILES string of the molecule is O=C(O)c1occc1C1CCCCCCC1. The first-order valence-electron chi connectivity index (χ1n) is 6.09. The molecular formula is C13H18O3. The van der Waals surface area contributed by atoms with Gasteiger partial charge in [-0.2, -0.15) is 0 Å². The molecule has 3 heteroatoms. The summed E-state index contributed by atoms with van der Waals surface area (Å²) in [5.74, 6) is -0.419. The highest BCUT2D eigenvalue weighted by molar-refractivity contribution is 5.86. The molecule has 0 aliphatic heterocycles. The molecule has 0 aromatic carbocycles. The van der Waals surface area contributed by atoms with E-state index in [1.165, 1.54) is 38.4 Å². The monoisotopic (exact) mass is 222 g/mol. The van der Waals surface area contributed by atoms with Crippen LogP contribution < -0.4 is 0 Å². The Hall–Kier alpha value is -1.25. The van der Waals surface area contributed by atoms with E-state index in [-0.39, 0.29) is 5.76 Å². The molecule has 0 spiro atoms. The topological polar surface area (TPSA) is 50.4 Å². The maximum Gasteiger partial charge on any atom is 0.372 e. The van der Waals surface area contributed by atoms with E-state index in [1.807, 2.05) is 6.07 Å². The minimum absolute atomic E-state index is 0.144. The molecule has 0 saturated heterocycles. The summed E-state index contributed by atoms with van der Waals surface area (Å²) in [7, 11) is 0. The predicted octanol–water partition coefficient (Wildman–Crippen LogP) is 3.81. The Kier molecular flexibility index (Phi) is 3.65. The largest absolute Gasteiger partial charge is 0.475 e. The van der Waals surface area contributed by atoms with Crippen LogP contribution in [0.5, 0.6) is 0 Å². The maximum atomic E-state index is 11.0. The van der Waals surface area contributed by atoms with Crippen molar-refractivity contribution in [1.82, 2.24) is 0 Å². The molecule has 88 valence electrons. The summed E-state index contributed by atoms with van der Waals surface area (Å²) in [4.78, 5) is 11.0. The molecule has 1 aliphatic carbocycles. The third-order valence-electron chi connectivity index (χ3n) is 3.43. The van der Waals surface area contributed by atoms with E-state index in [0.29, 0.717) is 5.92 Å². The quantitative estimate of drug-likeness (QED) is 0.827. The lowest BCUT2D eigenvalue weighted by molar-refractivity contribution is 0.0659. The molecule has 1 aromatic rings. The molecule has 3 nitrogen and oxygen atoms in total. The van der Waals surface area contributed by atoms with Gasteiger partial charge in [-0.1, -0.05) is 32.1 Å². The van der Waals surface area contributed by atoms with Crippen LogP contribution >= 0.6 is 0 Å². The molecule has 1 fully saturated rings. The van der Waals surface area contributed by atoms with Gasteiger partial charge in [0.25, 0.3) is 0 Å². The van der Waals surface area contributed by atoms with Crippen molar-refractivity contribution in [1.29, 1.82) is 0 Å². The zero-order valence-corrected chi connectivity index (χ0v) is 9.45. The Labute approximate surface area is 95.5 Å². The van der Waals surface area contributed by atoms with E-state index in [2.05, 4.69) is 0 Å². The van der Waals surface area contributed by atoms with Crippen LogP contribution in [0, 0.1) is 0 Å². The summed E-state index contributed by atoms with van der Waals surface area (Å²) < 4.78 is 5.05. The van der Waals surface area contributed by atoms with E-state index in [0.717, 1.165) is 18.4 Å². The second-order valence-electron chi connectivity index (χ2n) is 4.55. The van der Waals surface area contributed by atoms with Crippen molar-refractivity contribution in [3.8, 4) is 0 Å². The van der Waals surface area contributed by atoms with Gasteiger partial charge in [-0.25, -0.2) is 4.79 Å². The standard InChI is InChI=1S/C13H18O3/c14-13(15)12-11(8-9-16-12)10-6-4-2-1-3-5-7-10/h8-10H,1-7H2,(H,14,15). The molecule has 0 bridgehead atoms. The molecule has 2 rings (SSSR count). The number of hydrogen-bond donors (Lipinski definition) is 1. The average molecular weight is 222 g/mol. The normalized spacial score (nSPS) is 19.0. The summed E-state index contributed by atoms with van der Waals surface area (Å²) in [6.07, 6.45) is 9.97. The van der Waals surface area contributed by atoms with E-state index in [4.69, 9.17) is 9.52 Å². The molecule has 16 heavy (non-hydrogen) atoms. The molecule has 0 unspecified atom stereocenters. The maximum absolute atomic E-state index is 11.0. The highest BCUT2D eigenvalue weighted by Crippen LogP contribution is 2.33. The van der Waals surface area contributed by atoms with Crippen molar-refractivity contribution in [2.45, 2.75) is 50.9 Å². The lowest BCUT2D eigenvalue weighted by atomic mass is 9.86. The third-order valence-corrected chi connectivity index (χ3v) is 3.43. The van der Waals surface area contributed by atoms with Gasteiger partial charge in [-0.15, -0.1) is 0 Å². The van der Waals surface area contributed by atoms with E-state index >= 15 is 0 Å². The molecule has 0 atom stereocenters. The van der Waals surface area contributed by atoms with Gasteiger partial charge in [0, 0.05) is 5.56 Å². The minimum Gasteiger partial charge on any atom is -0.475 e. The average Bonchev–Trinajstić information content (AvgIpc) is 2.65. The first kappa shape index (κ1) is 11.2. The Bertz CT molecular complexity index is 346. The summed E-state index contributed by atoms with van der Waals surface area (Å²) in [6, 6.07) is 1.83. The predicted molar refractivity (Wildman–Crippen MR) is 60.7 cm³/mol. The van der Waals surface area contributed by atoms with Crippen LogP contribution in [0.15, 0.2) is 16.7 Å². The van der Waals surface area contributed by atoms with E-state index < -0.39 is 5.97 Å². The van der Waals surface area contributed by atoms with Crippen molar-refractivity contribution in [2.24, 2.45) is 0 Å². The second kappa shape index (κ2) is 5.19. The number of carboxylic acids is 1. The van der Waals surface area contributed by atoms with Crippen LogP contribution in [0.1, 0.15) is 67.0 Å². The van der Waals surface area contributed by atoms with Gasteiger partial charge >= 0.3 is 5.97 Å². The highest BCUT2D eigenvalue weighted by atomic mass is 16.4. The van der Waals surface area contributed by atoms with E-state index in [9.17, 15) is 4.79 Å². The molecule has 1 N–H and O–H groups in total. The fraction of sp³-hybridized carbons (Fsp3) is 0.615. The summed E-state index contributed by atoms with van der Waals surface area (Å²) in [5.41, 5.74) is 0.898. The lowest BCUT2D eigenvalue weighted by Crippen LogP contribution is -2.06. The van der Waals surface area contributed by atoms with Gasteiger partial charge in [0.15, 0.2) is 0 Å². The Morgan fingerprint density at radius 1 is 1.19 bits per heavy atom. The number of furan rings is 1. The summed E-state index contributed by atoms with van der Waals surface area (Å²) in [6.45, 7) is 0. The molecular weight excluding hydrogens is 204 g/mol. The number of hydrogen-bond acceptors (Lipinski definition) is 2. The smallest absolute Gasteiger partial charge is 0.372 e.